The van der Waals surface area contributed by atoms with Gasteiger partial charge in [0, 0.05) is 56.0 Å². The first-order chi connectivity index (χ1) is 28.0. The van der Waals surface area contributed by atoms with Gasteiger partial charge in [0.1, 0.15) is 18.2 Å². The predicted molar refractivity (Wildman–Crippen MR) is 230 cm³/mol. The van der Waals surface area contributed by atoms with E-state index in [1.165, 1.54) is 25.7 Å². The Labute approximate surface area is 356 Å². The van der Waals surface area contributed by atoms with E-state index in [0.717, 1.165) is 57.8 Å². The van der Waals surface area contributed by atoms with Gasteiger partial charge in [-0.25, -0.2) is 0 Å². The summed E-state index contributed by atoms with van der Waals surface area (Å²) >= 11 is 0. The first-order valence-corrected chi connectivity index (χ1v) is 23.7. The maximum absolute atomic E-state index is 14.4. The van der Waals surface area contributed by atoms with Crippen LogP contribution in [-0.2, 0) is 24.0 Å². The average molecular weight is 830 g/mol. The van der Waals surface area contributed by atoms with E-state index in [0.29, 0.717) is 42.2 Å². The molecule has 7 fully saturated rings. The number of carbonyl (C=O) groups is 3. The van der Waals surface area contributed by atoms with Crippen LogP contribution in [0.5, 0.6) is 0 Å². The number of rotatable bonds is 16. The number of nitrogens with one attached hydrogen (secondary N) is 2. The molecular formula is C47H83N5O7. The maximum Gasteiger partial charge on any atom is 0.240 e. The summed E-state index contributed by atoms with van der Waals surface area (Å²) in [5.74, 6) is 1.60. The van der Waals surface area contributed by atoms with Crippen LogP contribution in [0.25, 0.3) is 0 Å². The fourth-order valence-electron chi connectivity index (χ4n) is 13.5. The molecule has 6 aliphatic carbocycles. The number of nitrogens with zero attached hydrogens (tertiary/aromatic N) is 3. The van der Waals surface area contributed by atoms with Crippen LogP contribution in [0.1, 0.15) is 118 Å². The van der Waals surface area contributed by atoms with Gasteiger partial charge < -0.3 is 35.4 Å². The summed E-state index contributed by atoms with van der Waals surface area (Å²) in [7, 11) is 9.94. The van der Waals surface area contributed by atoms with Gasteiger partial charge in [-0.2, -0.15) is 5.06 Å². The molecule has 4 N–H and O–H groups in total. The number of ketones is 1. The Balaban J connectivity index is 1.16. The molecule has 7 rings (SSSR count). The first kappa shape index (κ1) is 46.8. The van der Waals surface area contributed by atoms with Gasteiger partial charge in [0.2, 0.25) is 11.8 Å². The fourth-order valence-corrected chi connectivity index (χ4v) is 13.5. The number of ether oxygens (including phenoxy) is 1. The Morgan fingerprint density at radius 3 is 2.24 bits per heavy atom. The minimum Gasteiger partial charge on any atom is -0.394 e. The lowest BCUT2D eigenvalue weighted by Gasteiger charge is -2.62. The number of hydrogen-bond acceptors (Lipinski definition) is 10. The van der Waals surface area contributed by atoms with Gasteiger partial charge in [-0.15, -0.1) is 0 Å². The smallest absolute Gasteiger partial charge is 0.240 e. The molecule has 59 heavy (non-hydrogen) atoms. The third-order valence-electron chi connectivity index (χ3n) is 17.2. The molecule has 7 aliphatic rings. The van der Waals surface area contributed by atoms with Crippen molar-refractivity contribution in [3.05, 3.63) is 0 Å². The maximum atomic E-state index is 14.4. The van der Waals surface area contributed by atoms with Gasteiger partial charge >= 0.3 is 0 Å². The summed E-state index contributed by atoms with van der Waals surface area (Å²) in [4.78, 5) is 53.5. The molecule has 12 heteroatoms. The van der Waals surface area contributed by atoms with Crippen molar-refractivity contribution in [3.63, 3.8) is 0 Å². The van der Waals surface area contributed by atoms with Gasteiger partial charge in [-0.3, -0.25) is 19.2 Å². The van der Waals surface area contributed by atoms with Gasteiger partial charge in [0.25, 0.3) is 0 Å². The van der Waals surface area contributed by atoms with E-state index in [1.807, 2.05) is 19.0 Å². The number of likely N-dealkylation sites (N-methyl/N-ethyl adjacent to an activating group) is 1. The number of methoxy groups -OCH3 is 1. The number of hydrogen-bond donors (Lipinski definition) is 4. The lowest BCUT2D eigenvalue weighted by atomic mass is 9.45. The second-order valence-corrected chi connectivity index (χ2v) is 21.5. The predicted octanol–water partition coefficient (Wildman–Crippen LogP) is 4.76. The standard InChI is InChI=1S/C47H83N5O7/c1-27(30-15-12-11-13-16-30)43(55)39(25-50(6)7)49-45(56)33-19-32(20-35(21-33)51(8)9)36-18-14-17-31(44(36)58-10)24-52-42(41(29(3)54)40(26-53)59-52)46(57)48-38-23-34-22-37(28(38)2)47(34,4)5/h27-42,44,53-54H,11-26H2,1-10H3,(H,48,57)(H,49,56)/t27?,28-,29-,31?,32?,33?,34+,35?,36?,37-,38-,39+,40-,41-,42-,44?/m0/s1. The minimum absolute atomic E-state index is 0.00870. The van der Waals surface area contributed by atoms with Crippen molar-refractivity contribution in [2.75, 3.05) is 55.0 Å². The molecule has 1 aliphatic heterocycles. The molecule has 1 heterocycles. The van der Waals surface area contributed by atoms with Crippen molar-refractivity contribution in [1.82, 2.24) is 25.5 Å². The molecule has 0 spiro atoms. The van der Waals surface area contributed by atoms with E-state index in [1.54, 1.807) is 19.1 Å². The highest BCUT2D eigenvalue weighted by molar-refractivity contribution is 5.91. The van der Waals surface area contributed by atoms with E-state index >= 15 is 0 Å². The molecule has 2 amide bonds. The molecule has 0 radical (unpaired) electrons. The number of fused-ring (bicyclic) bond motifs is 2. The second-order valence-electron chi connectivity index (χ2n) is 21.5. The van der Waals surface area contributed by atoms with Crippen LogP contribution in [0.2, 0.25) is 0 Å². The van der Waals surface area contributed by atoms with Crippen LogP contribution in [0.4, 0.5) is 0 Å². The van der Waals surface area contributed by atoms with E-state index in [4.69, 9.17) is 9.57 Å². The largest absolute Gasteiger partial charge is 0.394 e. The van der Waals surface area contributed by atoms with E-state index < -0.39 is 30.2 Å². The highest BCUT2D eigenvalue weighted by Gasteiger charge is 2.58. The molecule has 7 unspecified atom stereocenters. The third-order valence-corrected chi connectivity index (χ3v) is 17.2. The van der Waals surface area contributed by atoms with Crippen molar-refractivity contribution in [3.8, 4) is 0 Å². The summed E-state index contributed by atoms with van der Waals surface area (Å²) in [6, 6.07) is -0.969. The van der Waals surface area contributed by atoms with Gasteiger partial charge in [0.15, 0.2) is 5.78 Å². The number of amides is 2. The van der Waals surface area contributed by atoms with Crippen molar-refractivity contribution in [2.24, 2.45) is 64.6 Å². The van der Waals surface area contributed by atoms with Crippen LogP contribution >= 0.6 is 0 Å². The SMILES string of the molecule is COC1C(CN2O[C@@H](CO)[C@H]([C@H](C)O)[C@H]2C(=O)N[C@H]2C[C@H]3C[C@@H]([C@@H]2C)C3(C)C)CCCC1C1CC(C(=O)N[C@H](CN(C)C)C(=O)C(C)C2CCCCC2)CC(N(C)C)C1. The second kappa shape index (κ2) is 19.8. The molecule has 0 aromatic heterocycles. The van der Waals surface area contributed by atoms with Crippen LogP contribution in [0.3, 0.4) is 0 Å². The molecule has 338 valence electrons. The Kier molecular flexibility index (Phi) is 15.7. The lowest BCUT2D eigenvalue weighted by Crippen LogP contribution is -2.62. The summed E-state index contributed by atoms with van der Waals surface area (Å²) in [6.45, 7) is 11.4. The highest BCUT2D eigenvalue weighted by Crippen LogP contribution is 2.61. The van der Waals surface area contributed by atoms with Gasteiger partial charge in [0.05, 0.1) is 18.8 Å². The highest BCUT2D eigenvalue weighted by atomic mass is 16.7. The molecule has 12 nitrogen and oxygen atoms in total. The Bertz CT molecular complexity index is 1420. The zero-order chi connectivity index (χ0) is 42.9. The number of carbonyl (C=O) groups excluding carboxylic acids is 3. The van der Waals surface area contributed by atoms with E-state index in [9.17, 15) is 24.6 Å². The molecule has 1 saturated heterocycles. The van der Waals surface area contributed by atoms with E-state index in [-0.39, 0.29) is 72.0 Å². The van der Waals surface area contributed by atoms with Crippen molar-refractivity contribution >= 4 is 17.6 Å². The monoisotopic (exact) mass is 830 g/mol. The normalized spacial score (nSPS) is 39.3. The van der Waals surface area contributed by atoms with Gasteiger partial charge in [-0.1, -0.05) is 53.4 Å². The lowest BCUT2D eigenvalue weighted by molar-refractivity contribution is -0.193. The zero-order valence-electron chi connectivity index (χ0n) is 38.4. The average Bonchev–Trinajstić information content (AvgIpc) is 3.59. The number of hydroxylamine groups is 2. The minimum atomic E-state index is -0.849. The topological polar surface area (TPSA) is 144 Å². The molecule has 16 atom stereocenters. The molecule has 0 aromatic rings. The third kappa shape index (κ3) is 10.1. The Hall–Kier alpha value is -1.67. The number of Topliss-reactive ketones (excluding diaryl/α,β-unsaturated/α-hetero) is 1. The molecule has 2 bridgehead atoms. The Morgan fingerprint density at radius 1 is 0.932 bits per heavy atom. The van der Waals surface area contributed by atoms with Crippen LogP contribution < -0.4 is 10.6 Å². The summed E-state index contributed by atoms with van der Waals surface area (Å²) < 4.78 is 6.44. The fraction of sp³-hybridized carbons (Fsp3) is 0.936. The molecule has 6 saturated carbocycles. The van der Waals surface area contributed by atoms with E-state index in [2.05, 4.69) is 57.3 Å². The number of aliphatic hydroxyl groups is 2. The molecular weight excluding hydrogens is 747 g/mol. The first-order valence-electron chi connectivity index (χ1n) is 23.7. The van der Waals surface area contributed by atoms with Crippen LogP contribution in [-0.4, -0.2) is 140 Å². The van der Waals surface area contributed by atoms with Crippen LogP contribution in [0, 0.1) is 64.6 Å². The summed E-state index contributed by atoms with van der Waals surface area (Å²) in [5, 5.41) is 30.0. The van der Waals surface area contributed by atoms with Crippen LogP contribution in [0.15, 0.2) is 0 Å². The Morgan fingerprint density at radius 2 is 1.64 bits per heavy atom. The van der Waals surface area contributed by atoms with Crippen molar-refractivity contribution in [2.45, 2.75) is 161 Å². The zero-order valence-corrected chi connectivity index (χ0v) is 38.4. The summed E-state index contributed by atoms with van der Waals surface area (Å²) in [6.07, 6.45) is 11.7. The van der Waals surface area contributed by atoms with Crippen molar-refractivity contribution < 1.29 is 34.2 Å². The van der Waals surface area contributed by atoms with Gasteiger partial charge in [-0.05, 0) is 134 Å². The number of aliphatic hydroxyl groups excluding tert-OH is 2. The molecule has 0 aromatic carbocycles. The quantitative estimate of drug-likeness (QED) is 0.172. The summed E-state index contributed by atoms with van der Waals surface area (Å²) in [5.41, 5.74) is 0.301. The van der Waals surface area contributed by atoms with Crippen molar-refractivity contribution in [1.29, 1.82) is 0 Å².